The Balaban J connectivity index is 0.000000345. The van der Waals surface area contributed by atoms with Crippen LogP contribution in [0.3, 0.4) is 0 Å². The normalized spacial score (nSPS) is 12.5. The summed E-state index contributed by atoms with van der Waals surface area (Å²) in [6, 6.07) is 9.18. The molecular weight excluding hydrogens is 630 g/mol. The van der Waals surface area contributed by atoms with Crippen molar-refractivity contribution in [2.75, 3.05) is 12.4 Å². The molecule has 1 aliphatic carbocycles. The molecule has 1 aliphatic rings. The van der Waals surface area contributed by atoms with Gasteiger partial charge in [-0.05, 0) is 49.1 Å². The second-order valence-corrected chi connectivity index (χ2v) is 9.37. The molecule has 1 saturated carbocycles. The summed E-state index contributed by atoms with van der Waals surface area (Å²) in [5.41, 5.74) is 3.71. The molecule has 0 aromatic carbocycles. The van der Waals surface area contributed by atoms with Crippen molar-refractivity contribution in [2.45, 2.75) is 31.7 Å². The van der Waals surface area contributed by atoms with Crippen molar-refractivity contribution in [2.24, 2.45) is 5.92 Å². The Morgan fingerprint density at radius 2 is 1.48 bits per heavy atom. The van der Waals surface area contributed by atoms with Crippen LogP contribution in [0, 0.1) is 5.92 Å². The SMILES string of the molecule is COc1ncccc1NC(=O)c1cc(-c2cnc(-c3cccnc3)nc2)cn1CC1CC1.O=C(O)C(F)(F)F.O=C(O)C(F)(F)F. The van der Waals surface area contributed by atoms with E-state index >= 15 is 0 Å². The zero-order valence-corrected chi connectivity index (χ0v) is 23.6. The Morgan fingerprint density at radius 1 is 0.891 bits per heavy atom. The van der Waals surface area contributed by atoms with Crippen LogP contribution >= 0.6 is 0 Å². The van der Waals surface area contributed by atoms with Crippen LogP contribution in [-0.4, -0.2) is 72.0 Å². The molecule has 46 heavy (non-hydrogen) atoms. The number of carboxylic acids is 2. The maximum Gasteiger partial charge on any atom is 0.490 e. The van der Waals surface area contributed by atoms with Gasteiger partial charge in [-0.15, -0.1) is 0 Å². The zero-order valence-electron chi connectivity index (χ0n) is 23.6. The van der Waals surface area contributed by atoms with Crippen LogP contribution in [0.1, 0.15) is 23.3 Å². The fraction of sp³-hybridized carbons (Fsp3) is 0.250. The molecule has 1 fully saturated rings. The number of alkyl halides is 6. The van der Waals surface area contributed by atoms with E-state index in [9.17, 15) is 31.1 Å². The van der Waals surface area contributed by atoms with E-state index in [1.807, 2.05) is 29.0 Å². The molecule has 5 rings (SSSR count). The molecule has 12 nitrogen and oxygen atoms in total. The number of carbonyl (C=O) groups is 3. The predicted molar refractivity (Wildman–Crippen MR) is 148 cm³/mol. The highest BCUT2D eigenvalue weighted by atomic mass is 19.4. The molecule has 0 spiro atoms. The first kappa shape index (κ1) is 34.9. The molecule has 0 bridgehead atoms. The van der Waals surface area contributed by atoms with Crippen LogP contribution in [0.4, 0.5) is 32.0 Å². The number of carboxylic acid groups (broad SMARTS) is 2. The van der Waals surface area contributed by atoms with Gasteiger partial charge in [-0.3, -0.25) is 9.78 Å². The second kappa shape index (κ2) is 15.0. The van der Waals surface area contributed by atoms with E-state index in [1.54, 1.807) is 43.1 Å². The van der Waals surface area contributed by atoms with Crippen LogP contribution in [-0.2, 0) is 16.1 Å². The minimum Gasteiger partial charge on any atom is -0.480 e. The van der Waals surface area contributed by atoms with Crippen molar-refractivity contribution >= 4 is 23.5 Å². The lowest BCUT2D eigenvalue weighted by molar-refractivity contribution is -0.193. The molecule has 0 radical (unpaired) electrons. The Hall–Kier alpha value is -5.55. The fourth-order valence-corrected chi connectivity index (χ4v) is 3.54. The van der Waals surface area contributed by atoms with Gasteiger partial charge in [0.15, 0.2) is 5.82 Å². The van der Waals surface area contributed by atoms with E-state index in [2.05, 4.69) is 25.3 Å². The predicted octanol–water partition coefficient (Wildman–Crippen LogP) is 5.34. The van der Waals surface area contributed by atoms with Crippen LogP contribution < -0.4 is 10.1 Å². The number of halogens is 6. The van der Waals surface area contributed by atoms with Crippen molar-refractivity contribution in [1.29, 1.82) is 0 Å². The summed E-state index contributed by atoms with van der Waals surface area (Å²) in [6.07, 6.45) is 2.83. The quantitative estimate of drug-likeness (QED) is 0.221. The van der Waals surface area contributed by atoms with E-state index in [0.717, 1.165) is 23.2 Å². The smallest absolute Gasteiger partial charge is 0.480 e. The van der Waals surface area contributed by atoms with Crippen molar-refractivity contribution in [3.8, 4) is 28.4 Å². The van der Waals surface area contributed by atoms with Gasteiger partial charge < -0.3 is 24.8 Å². The number of nitrogens with zero attached hydrogens (tertiary/aromatic N) is 5. The first-order chi connectivity index (χ1) is 21.6. The average Bonchev–Trinajstić information content (AvgIpc) is 3.73. The molecular formula is C28H24F6N6O6. The van der Waals surface area contributed by atoms with Crippen LogP contribution in [0.25, 0.3) is 22.5 Å². The van der Waals surface area contributed by atoms with Gasteiger partial charge in [0.2, 0.25) is 5.88 Å². The van der Waals surface area contributed by atoms with Crippen LogP contribution in [0.5, 0.6) is 5.88 Å². The number of anilines is 1. The first-order valence-electron chi connectivity index (χ1n) is 12.9. The number of methoxy groups -OCH3 is 1. The molecule has 0 atom stereocenters. The van der Waals surface area contributed by atoms with Gasteiger partial charge in [0.05, 0.1) is 7.11 Å². The third kappa shape index (κ3) is 10.3. The summed E-state index contributed by atoms with van der Waals surface area (Å²) < 4.78 is 70.7. The minimum atomic E-state index is -5.08. The highest BCUT2D eigenvalue weighted by Crippen LogP contribution is 2.33. The summed E-state index contributed by atoms with van der Waals surface area (Å²) in [5, 5.41) is 17.2. The summed E-state index contributed by atoms with van der Waals surface area (Å²) >= 11 is 0. The average molecular weight is 655 g/mol. The maximum atomic E-state index is 13.1. The number of aliphatic carboxylic acids is 2. The third-order valence-corrected chi connectivity index (χ3v) is 5.88. The number of hydrogen-bond acceptors (Lipinski definition) is 8. The van der Waals surface area contributed by atoms with E-state index in [1.165, 1.54) is 20.0 Å². The molecule has 4 aromatic heterocycles. The highest BCUT2D eigenvalue weighted by Gasteiger charge is 2.38. The second-order valence-electron chi connectivity index (χ2n) is 9.37. The van der Waals surface area contributed by atoms with Crippen LogP contribution in [0.15, 0.2) is 67.5 Å². The summed E-state index contributed by atoms with van der Waals surface area (Å²) in [6.45, 7) is 0.807. The molecule has 0 unspecified atom stereocenters. The van der Waals surface area contributed by atoms with E-state index in [4.69, 9.17) is 24.5 Å². The Bertz CT molecular complexity index is 1620. The number of nitrogens with one attached hydrogen (secondary N) is 1. The number of rotatable bonds is 7. The van der Waals surface area contributed by atoms with Gasteiger partial charge in [0, 0.05) is 60.4 Å². The monoisotopic (exact) mass is 654 g/mol. The Kier molecular flexibility index (Phi) is 11.4. The molecule has 0 saturated heterocycles. The number of hydrogen-bond donors (Lipinski definition) is 3. The van der Waals surface area contributed by atoms with Gasteiger partial charge in [-0.25, -0.2) is 24.5 Å². The third-order valence-electron chi connectivity index (χ3n) is 5.88. The van der Waals surface area contributed by atoms with Crippen molar-refractivity contribution < 1.29 is 55.7 Å². The highest BCUT2D eigenvalue weighted by molar-refractivity contribution is 6.04. The van der Waals surface area contributed by atoms with Gasteiger partial charge in [0.1, 0.15) is 11.4 Å². The molecule has 18 heteroatoms. The molecule has 0 aliphatic heterocycles. The number of amides is 1. The van der Waals surface area contributed by atoms with E-state index in [-0.39, 0.29) is 5.91 Å². The number of pyridine rings is 2. The van der Waals surface area contributed by atoms with Gasteiger partial charge in [-0.1, -0.05) is 0 Å². The number of ether oxygens (including phenoxy) is 1. The molecule has 244 valence electrons. The zero-order chi connectivity index (χ0) is 34.1. The number of aromatic nitrogens is 5. The van der Waals surface area contributed by atoms with Gasteiger partial charge in [-0.2, -0.15) is 26.3 Å². The Morgan fingerprint density at radius 3 is 1.98 bits per heavy atom. The topological polar surface area (TPSA) is 169 Å². The minimum absolute atomic E-state index is 0.212. The Labute approximate surface area is 255 Å². The number of carbonyl (C=O) groups excluding carboxylic acids is 1. The van der Waals surface area contributed by atoms with Gasteiger partial charge in [0.25, 0.3) is 5.91 Å². The maximum absolute atomic E-state index is 13.1. The summed E-state index contributed by atoms with van der Waals surface area (Å²) in [7, 11) is 1.53. The van der Waals surface area contributed by atoms with Crippen molar-refractivity contribution in [1.82, 2.24) is 24.5 Å². The largest absolute Gasteiger partial charge is 0.490 e. The first-order valence-corrected chi connectivity index (χ1v) is 12.9. The molecule has 1 amide bonds. The summed E-state index contributed by atoms with van der Waals surface area (Å²) in [4.78, 5) is 48.2. The van der Waals surface area contributed by atoms with E-state index in [0.29, 0.717) is 29.0 Å². The van der Waals surface area contributed by atoms with Crippen molar-refractivity contribution in [3.63, 3.8) is 0 Å². The van der Waals surface area contributed by atoms with Crippen molar-refractivity contribution in [3.05, 3.63) is 73.2 Å². The van der Waals surface area contributed by atoms with Gasteiger partial charge >= 0.3 is 24.3 Å². The molecule has 4 heterocycles. The summed E-state index contributed by atoms with van der Waals surface area (Å²) in [5.74, 6) is -4.13. The lowest BCUT2D eigenvalue weighted by atomic mass is 10.1. The fourth-order valence-electron chi connectivity index (χ4n) is 3.54. The lowest BCUT2D eigenvalue weighted by Crippen LogP contribution is -2.21. The van der Waals surface area contributed by atoms with Crippen LogP contribution in [0.2, 0.25) is 0 Å². The lowest BCUT2D eigenvalue weighted by Gasteiger charge is -2.11. The molecule has 4 aromatic rings. The molecule has 3 N–H and O–H groups in total. The standard InChI is InChI=1S/C24H22N6O2.2C2HF3O2/c1-32-24-20(5-3-9-26-24)29-23(31)21-10-18(15-30(21)14-16-6-7-16)19-12-27-22(28-13-19)17-4-2-8-25-11-17;2*3-2(4,5)1(6)7/h2-5,8-13,15-16H,6-7,14H2,1H3,(H,29,31);2*(H,6,7). The van der Waals surface area contributed by atoms with E-state index < -0.39 is 24.3 Å².